The van der Waals surface area contributed by atoms with Gasteiger partial charge < -0.3 is 41.7 Å². The van der Waals surface area contributed by atoms with Crippen LogP contribution in [0.5, 0.6) is 0 Å². The van der Waals surface area contributed by atoms with E-state index in [-0.39, 0.29) is 23.9 Å². The van der Waals surface area contributed by atoms with Gasteiger partial charge in [0.2, 0.25) is 17.7 Å². The number of methoxy groups -OCH3 is 1. The van der Waals surface area contributed by atoms with Crippen LogP contribution in [0.2, 0.25) is 0 Å². The van der Waals surface area contributed by atoms with Crippen LogP contribution < -0.4 is 21.3 Å². The van der Waals surface area contributed by atoms with Gasteiger partial charge in [-0.25, -0.2) is 9.59 Å². The molecule has 0 saturated heterocycles. The minimum atomic E-state index is -0.995. The number of hydrogen-bond acceptors (Lipinski definition) is 7. The molecule has 0 unspecified atom stereocenters. The molecule has 13 nitrogen and oxygen atoms in total. The first-order chi connectivity index (χ1) is 16.9. The molecule has 0 fully saturated rings. The van der Waals surface area contributed by atoms with Gasteiger partial charge in [0.1, 0.15) is 24.2 Å². The molecular formula is C25H42N4O9. The van der Waals surface area contributed by atoms with Crippen molar-refractivity contribution in [3.05, 3.63) is 35.9 Å². The fraction of sp³-hybridized carbons (Fsp3) is 0.560. The van der Waals surface area contributed by atoms with Gasteiger partial charge in [-0.15, -0.1) is 0 Å². The molecule has 0 aliphatic heterocycles. The summed E-state index contributed by atoms with van der Waals surface area (Å²) in [5.41, 5.74) is 0.0878. The van der Waals surface area contributed by atoms with Gasteiger partial charge in [0.05, 0.1) is 13.7 Å². The van der Waals surface area contributed by atoms with Crippen LogP contribution in [0.4, 0.5) is 4.79 Å². The van der Waals surface area contributed by atoms with Gasteiger partial charge in [0.15, 0.2) is 0 Å². The molecule has 13 heteroatoms. The van der Waals surface area contributed by atoms with Crippen molar-refractivity contribution in [1.82, 2.24) is 21.3 Å². The van der Waals surface area contributed by atoms with Crippen LogP contribution >= 0.6 is 0 Å². The molecule has 0 aliphatic carbocycles. The van der Waals surface area contributed by atoms with Gasteiger partial charge >= 0.3 is 12.1 Å². The van der Waals surface area contributed by atoms with Crippen molar-refractivity contribution in [3.8, 4) is 0 Å². The van der Waals surface area contributed by atoms with Crippen molar-refractivity contribution in [3.63, 3.8) is 0 Å². The number of unbranched alkanes of at least 4 members (excludes halogenated alkanes) is 1. The first-order valence-electron chi connectivity index (χ1n) is 11.9. The molecule has 8 N–H and O–H groups in total. The second-order valence-corrected chi connectivity index (χ2v) is 9.17. The number of amides is 4. The Bertz CT molecular complexity index is 889. The molecule has 0 bridgehead atoms. The van der Waals surface area contributed by atoms with E-state index in [4.69, 9.17) is 9.47 Å². The van der Waals surface area contributed by atoms with Crippen LogP contribution in [0.15, 0.2) is 30.3 Å². The van der Waals surface area contributed by atoms with Crippen LogP contribution in [0.3, 0.4) is 0 Å². The highest BCUT2D eigenvalue weighted by molar-refractivity contribution is 5.92. The molecule has 216 valence electrons. The molecule has 0 spiro atoms. The first-order valence-corrected chi connectivity index (χ1v) is 11.9. The number of alkyl carbamates (subject to hydrolysis) is 1. The number of ether oxygens (including phenoxy) is 2. The highest BCUT2D eigenvalue weighted by atomic mass is 16.6. The van der Waals surface area contributed by atoms with E-state index < -0.39 is 54.0 Å². The summed E-state index contributed by atoms with van der Waals surface area (Å²) in [5, 5.41) is 9.95. The van der Waals surface area contributed by atoms with Gasteiger partial charge in [-0.1, -0.05) is 50.1 Å². The zero-order valence-electron chi connectivity index (χ0n) is 22.6. The fourth-order valence-corrected chi connectivity index (χ4v) is 3.08. The lowest BCUT2D eigenvalue weighted by Crippen LogP contribution is -2.54. The Morgan fingerprint density at radius 3 is 2.03 bits per heavy atom. The second kappa shape index (κ2) is 18.5. The Kier molecular flexibility index (Phi) is 17.8. The zero-order chi connectivity index (χ0) is 27.1. The van der Waals surface area contributed by atoms with E-state index in [1.807, 2.05) is 37.3 Å². The van der Waals surface area contributed by atoms with Crippen LogP contribution in [0, 0.1) is 0 Å². The lowest BCUT2D eigenvalue weighted by Gasteiger charge is -2.22. The van der Waals surface area contributed by atoms with Crippen molar-refractivity contribution in [2.45, 2.75) is 71.1 Å². The minimum Gasteiger partial charge on any atom is -0.467 e. The third-order valence-electron chi connectivity index (χ3n) is 4.82. The third kappa shape index (κ3) is 15.4. The summed E-state index contributed by atoms with van der Waals surface area (Å²) in [4.78, 5) is 61.3. The largest absolute Gasteiger partial charge is 0.467 e. The third-order valence-corrected chi connectivity index (χ3v) is 4.82. The number of hydrogen-bond donors (Lipinski definition) is 4. The molecule has 1 rings (SSSR count). The molecule has 1 aromatic carbocycles. The maximum Gasteiger partial charge on any atom is 0.408 e. The predicted octanol–water partition coefficient (Wildman–Crippen LogP) is -0.447. The van der Waals surface area contributed by atoms with Crippen molar-refractivity contribution >= 4 is 29.8 Å². The average Bonchev–Trinajstić information content (AvgIpc) is 2.82. The molecule has 0 aliphatic rings. The maximum absolute atomic E-state index is 13.0. The SMILES string of the molecule is CCCC[C@H](NC(=O)[C@@H](Cc1ccccc1)NC(=O)CNC(=O)CNC(=O)OC(C)(C)C)C(=O)OC.O.O. The summed E-state index contributed by atoms with van der Waals surface area (Å²) < 4.78 is 9.84. The monoisotopic (exact) mass is 542 g/mol. The van der Waals surface area contributed by atoms with E-state index in [0.717, 1.165) is 12.0 Å². The molecule has 38 heavy (non-hydrogen) atoms. The van der Waals surface area contributed by atoms with Crippen LogP contribution in [-0.4, -0.2) is 78.6 Å². The Hall–Kier alpha value is -3.71. The van der Waals surface area contributed by atoms with Crippen molar-refractivity contribution < 1.29 is 44.4 Å². The molecule has 0 heterocycles. The van der Waals surface area contributed by atoms with E-state index in [1.54, 1.807) is 20.8 Å². The van der Waals surface area contributed by atoms with E-state index in [1.165, 1.54) is 7.11 Å². The normalized spacial score (nSPS) is 11.8. The van der Waals surface area contributed by atoms with Crippen molar-refractivity contribution in [1.29, 1.82) is 0 Å². The summed E-state index contributed by atoms with van der Waals surface area (Å²) in [6, 6.07) is 7.24. The molecule has 4 amide bonds. The van der Waals surface area contributed by atoms with Gasteiger partial charge in [-0.2, -0.15) is 0 Å². The molecule has 0 radical (unpaired) electrons. The highest BCUT2D eigenvalue weighted by Gasteiger charge is 2.27. The Labute approximate surface area is 223 Å². The summed E-state index contributed by atoms with van der Waals surface area (Å²) in [6.07, 6.45) is 1.36. The Balaban J connectivity index is 0. The van der Waals surface area contributed by atoms with Gasteiger partial charge in [-0.05, 0) is 32.8 Å². The Morgan fingerprint density at radius 2 is 1.47 bits per heavy atom. The number of benzene rings is 1. The van der Waals surface area contributed by atoms with E-state index in [2.05, 4.69) is 21.3 Å². The summed E-state index contributed by atoms with van der Waals surface area (Å²) >= 11 is 0. The van der Waals surface area contributed by atoms with E-state index in [9.17, 15) is 24.0 Å². The van der Waals surface area contributed by atoms with Crippen LogP contribution in [0.25, 0.3) is 0 Å². The number of esters is 1. The molecular weight excluding hydrogens is 500 g/mol. The van der Waals surface area contributed by atoms with Gasteiger partial charge in [0, 0.05) is 6.42 Å². The van der Waals surface area contributed by atoms with Crippen molar-refractivity contribution in [2.24, 2.45) is 0 Å². The fourth-order valence-electron chi connectivity index (χ4n) is 3.08. The van der Waals surface area contributed by atoms with E-state index in [0.29, 0.717) is 12.8 Å². The standard InChI is InChI=1S/C25H38N4O7.2H2O/c1-6-7-13-18(23(33)35-5)29-22(32)19(14-17-11-9-8-10-12-17)28-21(31)16-26-20(30)15-27-24(34)36-25(2,3)4;;/h8-12,18-19H,6-7,13-16H2,1-5H3,(H,26,30)(H,27,34)(H,28,31)(H,29,32);2*1H2/t18-,19+;;/m0../s1. The topological polar surface area (TPSA) is 215 Å². The predicted molar refractivity (Wildman–Crippen MR) is 140 cm³/mol. The smallest absolute Gasteiger partial charge is 0.408 e. The first kappa shape index (κ1) is 36.4. The molecule has 1 aromatic rings. The van der Waals surface area contributed by atoms with Gasteiger partial charge in [0.25, 0.3) is 0 Å². The highest BCUT2D eigenvalue weighted by Crippen LogP contribution is 2.07. The van der Waals surface area contributed by atoms with E-state index >= 15 is 0 Å². The second-order valence-electron chi connectivity index (χ2n) is 9.17. The summed E-state index contributed by atoms with van der Waals surface area (Å²) in [5.74, 6) is -2.33. The lowest BCUT2D eigenvalue weighted by molar-refractivity contribution is -0.145. The van der Waals surface area contributed by atoms with Crippen molar-refractivity contribution in [2.75, 3.05) is 20.2 Å². The maximum atomic E-state index is 13.0. The lowest BCUT2D eigenvalue weighted by atomic mass is 10.0. The molecule has 0 aromatic heterocycles. The zero-order valence-corrected chi connectivity index (χ0v) is 22.6. The van der Waals surface area contributed by atoms with Crippen LogP contribution in [0.1, 0.15) is 52.5 Å². The number of nitrogens with one attached hydrogen (secondary N) is 4. The number of carbonyl (C=O) groups excluding carboxylic acids is 5. The Morgan fingerprint density at radius 1 is 0.868 bits per heavy atom. The number of carbonyl (C=O) groups is 5. The summed E-state index contributed by atoms with van der Waals surface area (Å²) in [6.45, 7) is 6.24. The molecule has 0 saturated carbocycles. The minimum absolute atomic E-state index is 0. The quantitative estimate of drug-likeness (QED) is 0.241. The summed E-state index contributed by atoms with van der Waals surface area (Å²) in [7, 11) is 1.25. The van der Waals surface area contributed by atoms with Gasteiger partial charge in [-0.3, -0.25) is 14.4 Å². The molecule has 2 atom stereocenters. The average molecular weight is 543 g/mol. The van der Waals surface area contributed by atoms with Crippen LogP contribution in [-0.2, 0) is 35.1 Å². The number of rotatable bonds is 13.